The Labute approximate surface area is 139 Å². The first-order valence-corrected chi connectivity index (χ1v) is 8.40. The van der Waals surface area contributed by atoms with Crippen molar-refractivity contribution in [3.8, 4) is 11.5 Å². The maximum absolute atomic E-state index is 12.7. The summed E-state index contributed by atoms with van der Waals surface area (Å²) in [6, 6.07) is 6.06. The summed E-state index contributed by atoms with van der Waals surface area (Å²) >= 11 is 0. The van der Waals surface area contributed by atoms with Gasteiger partial charge < -0.3 is 19.7 Å². The summed E-state index contributed by atoms with van der Waals surface area (Å²) in [5.74, 6) is 1.83. The molecule has 0 aliphatic carbocycles. The van der Waals surface area contributed by atoms with Gasteiger partial charge in [0.2, 0.25) is 5.91 Å². The van der Waals surface area contributed by atoms with Crippen LogP contribution in [0.4, 0.5) is 0 Å². The van der Waals surface area contributed by atoms with E-state index in [4.69, 9.17) is 9.47 Å². The number of benzene rings is 1. The zero-order valence-electron chi connectivity index (χ0n) is 14.4. The normalized spacial score (nSPS) is 17.1. The van der Waals surface area contributed by atoms with Crippen LogP contribution in [-0.2, 0) is 11.2 Å². The summed E-state index contributed by atoms with van der Waals surface area (Å²) in [5, 5.41) is 3.34. The van der Waals surface area contributed by atoms with Crippen LogP contribution in [0.1, 0.15) is 31.7 Å². The third kappa shape index (κ3) is 4.61. The van der Waals surface area contributed by atoms with Crippen molar-refractivity contribution in [1.82, 2.24) is 10.2 Å². The molecule has 1 fully saturated rings. The standard InChI is InChI=1S/C18H28N2O3/c1-4-11-20(15-9-10-19-13-15)18(21)8-5-14-12-16(22-2)6-7-17(14)23-3/h6-7,12,15,19H,4-5,8-11,13H2,1-3H3. The summed E-state index contributed by atoms with van der Waals surface area (Å²) in [7, 11) is 3.30. The van der Waals surface area contributed by atoms with E-state index in [9.17, 15) is 4.79 Å². The van der Waals surface area contributed by atoms with Gasteiger partial charge in [-0.3, -0.25) is 4.79 Å². The minimum atomic E-state index is 0.227. The fraction of sp³-hybridized carbons (Fsp3) is 0.611. The largest absolute Gasteiger partial charge is 0.497 e. The molecule has 1 saturated heterocycles. The summed E-state index contributed by atoms with van der Waals surface area (Å²) in [6.45, 7) is 4.87. The molecule has 0 bridgehead atoms. The summed E-state index contributed by atoms with van der Waals surface area (Å²) in [4.78, 5) is 14.7. The minimum Gasteiger partial charge on any atom is -0.497 e. The number of hydrogen-bond acceptors (Lipinski definition) is 4. The highest BCUT2D eigenvalue weighted by atomic mass is 16.5. The molecule has 1 unspecified atom stereocenters. The molecule has 0 aromatic heterocycles. The van der Waals surface area contributed by atoms with E-state index in [-0.39, 0.29) is 5.91 Å². The zero-order valence-corrected chi connectivity index (χ0v) is 14.4. The average molecular weight is 320 g/mol. The van der Waals surface area contributed by atoms with Crippen LogP contribution < -0.4 is 14.8 Å². The van der Waals surface area contributed by atoms with Gasteiger partial charge in [0.15, 0.2) is 0 Å². The molecular weight excluding hydrogens is 292 g/mol. The predicted molar refractivity (Wildman–Crippen MR) is 91.1 cm³/mol. The summed E-state index contributed by atoms with van der Waals surface area (Å²) in [6.07, 6.45) is 3.21. The second-order valence-electron chi connectivity index (χ2n) is 5.91. The van der Waals surface area contributed by atoms with Crippen molar-refractivity contribution in [2.75, 3.05) is 33.9 Å². The first-order chi connectivity index (χ1) is 11.2. The Balaban J connectivity index is 2.01. The topological polar surface area (TPSA) is 50.8 Å². The first-order valence-electron chi connectivity index (χ1n) is 8.40. The van der Waals surface area contributed by atoms with Crippen molar-refractivity contribution >= 4 is 5.91 Å². The van der Waals surface area contributed by atoms with Gasteiger partial charge in [-0.1, -0.05) is 6.92 Å². The third-order valence-corrected chi connectivity index (χ3v) is 4.36. The lowest BCUT2D eigenvalue weighted by Crippen LogP contribution is -2.42. The molecule has 0 radical (unpaired) electrons. The SMILES string of the molecule is CCCN(C(=O)CCc1cc(OC)ccc1OC)C1CCNC1. The van der Waals surface area contributed by atoms with E-state index in [0.29, 0.717) is 18.9 Å². The minimum absolute atomic E-state index is 0.227. The summed E-state index contributed by atoms with van der Waals surface area (Å²) in [5.41, 5.74) is 1.01. The zero-order chi connectivity index (χ0) is 16.7. The first kappa shape index (κ1) is 17.6. The quantitative estimate of drug-likeness (QED) is 0.798. The van der Waals surface area contributed by atoms with Crippen molar-refractivity contribution < 1.29 is 14.3 Å². The number of hydrogen-bond donors (Lipinski definition) is 1. The van der Waals surface area contributed by atoms with E-state index >= 15 is 0 Å². The van der Waals surface area contributed by atoms with Crippen LogP contribution in [0.15, 0.2) is 18.2 Å². The lowest BCUT2D eigenvalue weighted by atomic mass is 10.1. The van der Waals surface area contributed by atoms with Gasteiger partial charge in [0, 0.05) is 25.6 Å². The highest BCUT2D eigenvalue weighted by molar-refractivity contribution is 5.77. The Morgan fingerprint density at radius 3 is 2.78 bits per heavy atom. The number of ether oxygens (including phenoxy) is 2. The van der Waals surface area contributed by atoms with Crippen molar-refractivity contribution in [3.63, 3.8) is 0 Å². The maximum atomic E-state index is 12.7. The average Bonchev–Trinajstić information content (AvgIpc) is 3.11. The molecular formula is C18H28N2O3. The number of nitrogens with zero attached hydrogens (tertiary/aromatic N) is 1. The Hall–Kier alpha value is -1.75. The molecule has 128 valence electrons. The molecule has 0 spiro atoms. The van der Waals surface area contributed by atoms with Gasteiger partial charge in [0.05, 0.1) is 14.2 Å². The number of amides is 1. The van der Waals surface area contributed by atoms with E-state index in [0.717, 1.165) is 49.5 Å². The molecule has 1 N–H and O–H groups in total. The van der Waals surface area contributed by atoms with Crippen LogP contribution in [0.3, 0.4) is 0 Å². The molecule has 1 aromatic carbocycles. The lowest BCUT2D eigenvalue weighted by Gasteiger charge is -2.28. The molecule has 1 atom stereocenters. The maximum Gasteiger partial charge on any atom is 0.223 e. The van der Waals surface area contributed by atoms with Crippen molar-refractivity contribution in [2.45, 2.75) is 38.6 Å². The van der Waals surface area contributed by atoms with Gasteiger partial charge in [0.25, 0.3) is 0 Å². The van der Waals surface area contributed by atoms with Gasteiger partial charge in [-0.25, -0.2) is 0 Å². The van der Waals surface area contributed by atoms with Crippen LogP contribution >= 0.6 is 0 Å². The van der Waals surface area contributed by atoms with Gasteiger partial charge >= 0.3 is 0 Å². The monoisotopic (exact) mass is 320 g/mol. The Morgan fingerprint density at radius 1 is 1.35 bits per heavy atom. The fourth-order valence-corrected chi connectivity index (χ4v) is 3.12. The molecule has 1 heterocycles. The smallest absolute Gasteiger partial charge is 0.223 e. The van der Waals surface area contributed by atoms with E-state index in [1.165, 1.54) is 0 Å². The number of carbonyl (C=O) groups is 1. The highest BCUT2D eigenvalue weighted by Crippen LogP contribution is 2.25. The number of nitrogens with one attached hydrogen (secondary N) is 1. The van der Waals surface area contributed by atoms with Crippen molar-refractivity contribution in [3.05, 3.63) is 23.8 Å². The molecule has 5 heteroatoms. The number of methoxy groups -OCH3 is 2. The number of carbonyl (C=O) groups excluding carboxylic acids is 1. The molecule has 1 aliphatic heterocycles. The van der Waals surface area contributed by atoms with Crippen LogP contribution in [0.5, 0.6) is 11.5 Å². The van der Waals surface area contributed by atoms with Crippen molar-refractivity contribution in [2.24, 2.45) is 0 Å². The highest BCUT2D eigenvalue weighted by Gasteiger charge is 2.25. The molecule has 1 aromatic rings. The molecule has 0 saturated carbocycles. The molecule has 23 heavy (non-hydrogen) atoms. The fourth-order valence-electron chi connectivity index (χ4n) is 3.12. The second kappa shape index (κ2) is 8.77. The van der Waals surface area contributed by atoms with Gasteiger partial charge in [-0.2, -0.15) is 0 Å². The number of aryl methyl sites for hydroxylation is 1. The van der Waals surface area contributed by atoms with Crippen LogP contribution in [0.25, 0.3) is 0 Å². The van der Waals surface area contributed by atoms with Gasteiger partial charge in [-0.05, 0) is 49.6 Å². The van der Waals surface area contributed by atoms with E-state index in [1.54, 1.807) is 14.2 Å². The van der Waals surface area contributed by atoms with Gasteiger partial charge in [-0.15, -0.1) is 0 Å². The molecule has 1 aliphatic rings. The van der Waals surface area contributed by atoms with E-state index in [1.807, 2.05) is 23.1 Å². The lowest BCUT2D eigenvalue weighted by molar-refractivity contribution is -0.133. The van der Waals surface area contributed by atoms with Crippen LogP contribution in [0, 0.1) is 0 Å². The molecule has 5 nitrogen and oxygen atoms in total. The predicted octanol–water partition coefficient (Wildman–Crippen LogP) is 2.24. The van der Waals surface area contributed by atoms with E-state index < -0.39 is 0 Å². The van der Waals surface area contributed by atoms with Crippen LogP contribution in [0.2, 0.25) is 0 Å². The third-order valence-electron chi connectivity index (χ3n) is 4.36. The molecule has 2 rings (SSSR count). The molecule has 1 amide bonds. The van der Waals surface area contributed by atoms with E-state index in [2.05, 4.69) is 12.2 Å². The van der Waals surface area contributed by atoms with Crippen molar-refractivity contribution in [1.29, 1.82) is 0 Å². The van der Waals surface area contributed by atoms with Gasteiger partial charge in [0.1, 0.15) is 11.5 Å². The van der Waals surface area contributed by atoms with Crippen LogP contribution in [-0.4, -0.2) is 50.7 Å². The Bertz CT molecular complexity index is 513. The second-order valence-corrected chi connectivity index (χ2v) is 5.91. The Morgan fingerprint density at radius 2 is 2.17 bits per heavy atom. The Kier molecular flexibility index (Phi) is 6.71. The number of rotatable bonds is 8. The summed E-state index contributed by atoms with van der Waals surface area (Å²) < 4.78 is 10.7.